The highest BCUT2D eigenvalue weighted by molar-refractivity contribution is 5.60. The van der Waals surface area contributed by atoms with E-state index in [4.69, 9.17) is 0 Å². The van der Waals surface area contributed by atoms with Gasteiger partial charge in [-0.3, -0.25) is 0 Å². The summed E-state index contributed by atoms with van der Waals surface area (Å²) < 4.78 is 0. The molecule has 0 N–H and O–H groups in total. The molecule has 13 heavy (non-hydrogen) atoms. The molecular formula is C12H20O. The highest BCUT2D eigenvalue weighted by atomic mass is 16.1. The van der Waals surface area contributed by atoms with Gasteiger partial charge >= 0.3 is 0 Å². The molecule has 1 fully saturated rings. The van der Waals surface area contributed by atoms with Gasteiger partial charge in [0.25, 0.3) is 0 Å². The van der Waals surface area contributed by atoms with Crippen LogP contribution in [-0.2, 0) is 4.79 Å². The topological polar surface area (TPSA) is 17.1 Å². The average Bonchev–Trinajstić information content (AvgIpc) is 2.16. The summed E-state index contributed by atoms with van der Waals surface area (Å²) in [5.74, 6) is 0. The van der Waals surface area contributed by atoms with E-state index in [2.05, 4.69) is 19.9 Å². The van der Waals surface area contributed by atoms with Crippen LogP contribution in [0.4, 0.5) is 0 Å². The Hall–Kier alpha value is -0.590. The molecule has 74 valence electrons. The minimum atomic E-state index is -0.00444. The van der Waals surface area contributed by atoms with Crippen molar-refractivity contribution in [2.75, 3.05) is 0 Å². The highest BCUT2D eigenvalue weighted by Gasteiger charge is 2.30. The van der Waals surface area contributed by atoms with E-state index >= 15 is 0 Å². The zero-order valence-corrected chi connectivity index (χ0v) is 8.81. The fourth-order valence-corrected chi connectivity index (χ4v) is 2.03. The first kappa shape index (κ1) is 10.5. The number of carbonyl (C=O) groups excluding carboxylic acids is 1. The van der Waals surface area contributed by atoms with E-state index in [9.17, 15) is 4.79 Å². The zero-order chi connectivity index (χ0) is 9.73. The number of allylic oxidation sites excluding steroid dienone is 2. The smallest absolute Gasteiger partial charge is 0.126 e. The van der Waals surface area contributed by atoms with Gasteiger partial charge in [0.1, 0.15) is 6.29 Å². The summed E-state index contributed by atoms with van der Waals surface area (Å²) in [6, 6.07) is 0. The third-order valence-corrected chi connectivity index (χ3v) is 3.02. The van der Waals surface area contributed by atoms with Crippen molar-refractivity contribution >= 4 is 6.29 Å². The molecule has 1 nitrogen and oxygen atoms in total. The molecule has 0 aromatic rings. The van der Waals surface area contributed by atoms with E-state index in [-0.39, 0.29) is 5.41 Å². The van der Waals surface area contributed by atoms with Gasteiger partial charge in [0.15, 0.2) is 0 Å². The summed E-state index contributed by atoms with van der Waals surface area (Å²) in [6.07, 6.45) is 10.3. The van der Waals surface area contributed by atoms with E-state index in [0.29, 0.717) is 0 Å². The third-order valence-electron chi connectivity index (χ3n) is 3.02. The van der Waals surface area contributed by atoms with Crippen LogP contribution < -0.4 is 0 Å². The number of hydrogen-bond acceptors (Lipinski definition) is 1. The Morgan fingerprint density at radius 2 is 1.85 bits per heavy atom. The molecule has 1 aliphatic carbocycles. The van der Waals surface area contributed by atoms with E-state index in [1.807, 2.05) is 0 Å². The molecule has 0 heterocycles. The average molecular weight is 180 g/mol. The zero-order valence-electron chi connectivity index (χ0n) is 8.81. The largest absolute Gasteiger partial charge is 0.303 e. The van der Waals surface area contributed by atoms with Crippen molar-refractivity contribution in [1.29, 1.82) is 0 Å². The summed E-state index contributed by atoms with van der Waals surface area (Å²) >= 11 is 0. The van der Waals surface area contributed by atoms with E-state index in [1.165, 1.54) is 31.1 Å². The summed E-state index contributed by atoms with van der Waals surface area (Å²) in [4.78, 5) is 11.1. The second-order valence-electron chi connectivity index (χ2n) is 4.53. The molecule has 0 radical (unpaired) electrons. The molecule has 0 amide bonds. The van der Waals surface area contributed by atoms with Gasteiger partial charge in [-0.25, -0.2) is 0 Å². The molecule has 0 atom stereocenters. The maximum Gasteiger partial charge on any atom is 0.126 e. The van der Waals surface area contributed by atoms with Gasteiger partial charge in [-0.05, 0) is 33.1 Å². The van der Waals surface area contributed by atoms with Crippen molar-refractivity contribution < 1.29 is 4.79 Å². The molecule has 0 spiro atoms. The standard InChI is InChI=1S/C12H20O/c1-11(2)6-9-12(10-13)7-4-3-5-8-12/h6,10H,3-5,7-9H2,1-2H3. The second kappa shape index (κ2) is 4.59. The number of carbonyl (C=O) groups is 1. The normalized spacial score (nSPS) is 20.8. The molecule has 0 saturated heterocycles. The van der Waals surface area contributed by atoms with Crippen molar-refractivity contribution in [1.82, 2.24) is 0 Å². The van der Waals surface area contributed by atoms with Crippen LogP contribution in [0.15, 0.2) is 11.6 Å². The Labute approximate surface area is 81.2 Å². The van der Waals surface area contributed by atoms with Crippen LogP contribution in [0.25, 0.3) is 0 Å². The van der Waals surface area contributed by atoms with Gasteiger partial charge in [0.2, 0.25) is 0 Å². The van der Waals surface area contributed by atoms with Crippen molar-refractivity contribution in [3.05, 3.63) is 11.6 Å². The van der Waals surface area contributed by atoms with Crippen LogP contribution in [0.3, 0.4) is 0 Å². The highest BCUT2D eigenvalue weighted by Crippen LogP contribution is 2.37. The van der Waals surface area contributed by atoms with Crippen LogP contribution >= 0.6 is 0 Å². The van der Waals surface area contributed by atoms with E-state index in [0.717, 1.165) is 19.3 Å². The first-order valence-corrected chi connectivity index (χ1v) is 5.28. The predicted molar refractivity (Wildman–Crippen MR) is 55.6 cm³/mol. The lowest BCUT2D eigenvalue weighted by Gasteiger charge is -2.31. The Kier molecular flexibility index (Phi) is 3.71. The lowest BCUT2D eigenvalue weighted by atomic mass is 9.73. The minimum Gasteiger partial charge on any atom is -0.303 e. The lowest BCUT2D eigenvalue weighted by molar-refractivity contribution is -0.117. The molecule has 0 unspecified atom stereocenters. The molecule has 1 aliphatic rings. The summed E-state index contributed by atoms with van der Waals surface area (Å²) in [5, 5.41) is 0. The molecule has 1 heteroatoms. The van der Waals surface area contributed by atoms with Crippen LogP contribution in [0.2, 0.25) is 0 Å². The van der Waals surface area contributed by atoms with Gasteiger partial charge in [0.05, 0.1) is 0 Å². The van der Waals surface area contributed by atoms with Crippen molar-refractivity contribution in [2.45, 2.75) is 52.4 Å². The van der Waals surface area contributed by atoms with E-state index in [1.54, 1.807) is 0 Å². The van der Waals surface area contributed by atoms with Crippen molar-refractivity contribution in [3.8, 4) is 0 Å². The molecule has 1 rings (SSSR count). The van der Waals surface area contributed by atoms with E-state index < -0.39 is 0 Å². The first-order valence-electron chi connectivity index (χ1n) is 5.28. The van der Waals surface area contributed by atoms with Crippen molar-refractivity contribution in [2.24, 2.45) is 5.41 Å². The van der Waals surface area contributed by atoms with Gasteiger partial charge in [-0.15, -0.1) is 0 Å². The second-order valence-corrected chi connectivity index (χ2v) is 4.53. The maximum atomic E-state index is 11.1. The predicted octanol–water partition coefficient (Wildman–Crippen LogP) is 3.49. The SMILES string of the molecule is CC(C)=CCC1(C=O)CCCCC1. The Bertz CT molecular complexity index is 193. The monoisotopic (exact) mass is 180 g/mol. The van der Waals surface area contributed by atoms with Crippen LogP contribution in [0, 0.1) is 5.41 Å². The lowest BCUT2D eigenvalue weighted by Crippen LogP contribution is -2.25. The van der Waals surface area contributed by atoms with Gasteiger partial charge in [0, 0.05) is 5.41 Å². The molecule has 0 bridgehead atoms. The molecular weight excluding hydrogens is 160 g/mol. The maximum absolute atomic E-state index is 11.1. The quantitative estimate of drug-likeness (QED) is 0.480. The van der Waals surface area contributed by atoms with Crippen LogP contribution in [-0.4, -0.2) is 6.29 Å². The Morgan fingerprint density at radius 3 is 2.31 bits per heavy atom. The summed E-state index contributed by atoms with van der Waals surface area (Å²) in [5.41, 5.74) is 1.32. The fraction of sp³-hybridized carbons (Fsp3) is 0.750. The van der Waals surface area contributed by atoms with Crippen LogP contribution in [0.1, 0.15) is 52.4 Å². The van der Waals surface area contributed by atoms with Crippen molar-refractivity contribution in [3.63, 3.8) is 0 Å². The van der Waals surface area contributed by atoms with Gasteiger partial charge in [-0.2, -0.15) is 0 Å². The Balaban J connectivity index is 2.57. The number of hydrogen-bond donors (Lipinski definition) is 0. The van der Waals surface area contributed by atoms with Gasteiger partial charge in [-0.1, -0.05) is 30.9 Å². The molecule has 1 saturated carbocycles. The molecule has 0 aromatic heterocycles. The number of aldehydes is 1. The molecule has 0 aromatic carbocycles. The summed E-state index contributed by atoms with van der Waals surface area (Å²) in [7, 11) is 0. The van der Waals surface area contributed by atoms with Gasteiger partial charge < -0.3 is 4.79 Å². The Morgan fingerprint density at radius 1 is 1.23 bits per heavy atom. The fourth-order valence-electron chi connectivity index (χ4n) is 2.03. The molecule has 0 aliphatic heterocycles. The van der Waals surface area contributed by atoms with Crippen LogP contribution in [0.5, 0.6) is 0 Å². The third kappa shape index (κ3) is 2.98. The summed E-state index contributed by atoms with van der Waals surface area (Å²) in [6.45, 7) is 4.20. The number of rotatable bonds is 3. The minimum absolute atomic E-state index is 0.00444. The first-order chi connectivity index (χ1) is 6.18.